The van der Waals surface area contributed by atoms with E-state index in [1.54, 1.807) is 18.4 Å². The molecule has 3 rings (SSSR count). The number of carbonyl (C=O) groups is 1. The van der Waals surface area contributed by atoms with Gasteiger partial charge >= 0.3 is 6.18 Å². The zero-order valence-electron chi connectivity index (χ0n) is 15.2. The van der Waals surface area contributed by atoms with Gasteiger partial charge in [-0.25, -0.2) is 4.98 Å². The van der Waals surface area contributed by atoms with Crippen LogP contribution in [0.5, 0.6) is 0 Å². The standard InChI is InChI=1S/C18H20ClF3N4O2/c1-12(15-3-2-8-28-15)24-16(27)11-25-4-6-26(7-5-25)17-14(19)9-13(10-23-17)18(20,21)22/h2-3,8-10,12H,4-7,11H2,1H3,(H,24,27)/t12-/m0/s1. The van der Waals surface area contributed by atoms with Crippen LogP contribution >= 0.6 is 11.6 Å². The Balaban J connectivity index is 1.51. The zero-order chi connectivity index (χ0) is 20.3. The van der Waals surface area contributed by atoms with Crippen LogP contribution in [0, 0.1) is 0 Å². The van der Waals surface area contributed by atoms with E-state index in [1.165, 1.54) is 0 Å². The van der Waals surface area contributed by atoms with E-state index in [-0.39, 0.29) is 23.5 Å². The van der Waals surface area contributed by atoms with Crippen molar-refractivity contribution in [3.05, 3.63) is 47.0 Å². The maximum atomic E-state index is 12.7. The second kappa shape index (κ2) is 8.40. The molecule has 1 aliphatic heterocycles. The van der Waals surface area contributed by atoms with Gasteiger partial charge in [0.2, 0.25) is 5.91 Å². The minimum atomic E-state index is -4.48. The van der Waals surface area contributed by atoms with Crippen LogP contribution in [0.15, 0.2) is 35.1 Å². The van der Waals surface area contributed by atoms with Crippen LogP contribution in [-0.2, 0) is 11.0 Å². The number of pyridine rings is 1. The summed E-state index contributed by atoms with van der Waals surface area (Å²) < 4.78 is 43.5. The van der Waals surface area contributed by atoms with Crippen molar-refractivity contribution in [1.29, 1.82) is 0 Å². The Morgan fingerprint density at radius 3 is 2.64 bits per heavy atom. The predicted molar refractivity (Wildman–Crippen MR) is 98.2 cm³/mol. The molecule has 28 heavy (non-hydrogen) atoms. The fraction of sp³-hybridized carbons (Fsp3) is 0.444. The van der Waals surface area contributed by atoms with E-state index in [2.05, 4.69) is 10.3 Å². The molecule has 0 radical (unpaired) electrons. The molecule has 1 atom stereocenters. The van der Waals surface area contributed by atoms with E-state index in [9.17, 15) is 18.0 Å². The van der Waals surface area contributed by atoms with Crippen molar-refractivity contribution in [2.45, 2.75) is 19.1 Å². The molecule has 1 amide bonds. The van der Waals surface area contributed by atoms with E-state index in [0.717, 1.165) is 12.3 Å². The smallest absolute Gasteiger partial charge is 0.417 e. The quantitative estimate of drug-likeness (QED) is 0.810. The highest BCUT2D eigenvalue weighted by Crippen LogP contribution is 2.33. The van der Waals surface area contributed by atoms with Crippen molar-refractivity contribution in [3.8, 4) is 0 Å². The van der Waals surface area contributed by atoms with Gasteiger partial charge in [0.1, 0.15) is 11.6 Å². The van der Waals surface area contributed by atoms with Gasteiger partial charge in [-0.15, -0.1) is 0 Å². The number of rotatable bonds is 5. The average Bonchev–Trinajstić information content (AvgIpc) is 3.16. The molecule has 0 aromatic carbocycles. The van der Waals surface area contributed by atoms with Crippen LogP contribution in [0.25, 0.3) is 0 Å². The largest absolute Gasteiger partial charge is 0.467 e. The highest BCUT2D eigenvalue weighted by Gasteiger charge is 2.32. The molecule has 1 saturated heterocycles. The molecule has 2 aromatic rings. The highest BCUT2D eigenvalue weighted by atomic mass is 35.5. The summed E-state index contributed by atoms with van der Waals surface area (Å²) in [7, 11) is 0. The van der Waals surface area contributed by atoms with Gasteiger partial charge in [-0.1, -0.05) is 11.6 Å². The van der Waals surface area contributed by atoms with Crippen molar-refractivity contribution in [2.75, 3.05) is 37.6 Å². The first-order valence-corrected chi connectivity index (χ1v) is 9.14. The second-order valence-corrected chi connectivity index (χ2v) is 7.00. The number of hydrogen-bond donors (Lipinski definition) is 1. The molecule has 0 saturated carbocycles. The Morgan fingerprint density at radius 2 is 2.07 bits per heavy atom. The topological polar surface area (TPSA) is 61.6 Å². The fourth-order valence-corrected chi connectivity index (χ4v) is 3.32. The maximum absolute atomic E-state index is 12.7. The van der Waals surface area contributed by atoms with Crippen LogP contribution in [0.4, 0.5) is 19.0 Å². The van der Waals surface area contributed by atoms with Crippen LogP contribution in [0.3, 0.4) is 0 Å². The Kier molecular flexibility index (Phi) is 6.14. The van der Waals surface area contributed by atoms with Gasteiger partial charge in [-0.3, -0.25) is 9.69 Å². The molecule has 0 aliphatic carbocycles. The number of aromatic nitrogens is 1. The van der Waals surface area contributed by atoms with Gasteiger partial charge in [0, 0.05) is 32.4 Å². The van der Waals surface area contributed by atoms with Gasteiger partial charge in [-0.2, -0.15) is 13.2 Å². The summed E-state index contributed by atoms with van der Waals surface area (Å²) in [5, 5.41) is 2.84. The van der Waals surface area contributed by atoms with Gasteiger partial charge < -0.3 is 14.6 Å². The fourth-order valence-electron chi connectivity index (χ4n) is 3.04. The van der Waals surface area contributed by atoms with Gasteiger partial charge in [0.15, 0.2) is 0 Å². The van der Waals surface area contributed by atoms with Crippen LogP contribution in [0.2, 0.25) is 5.02 Å². The molecular weight excluding hydrogens is 397 g/mol. The number of halogens is 4. The van der Waals surface area contributed by atoms with E-state index in [0.29, 0.717) is 37.8 Å². The molecule has 0 spiro atoms. The normalized spacial score (nSPS) is 16.8. The Hall–Kier alpha value is -2.26. The SMILES string of the molecule is C[C@H](NC(=O)CN1CCN(c2ncc(C(F)(F)F)cc2Cl)CC1)c1ccco1. The first-order chi connectivity index (χ1) is 13.2. The minimum absolute atomic E-state index is 0.0340. The third kappa shape index (κ3) is 4.96. The van der Waals surface area contributed by atoms with Crippen molar-refractivity contribution >= 4 is 23.3 Å². The first-order valence-electron chi connectivity index (χ1n) is 8.77. The molecule has 0 unspecified atom stereocenters. The van der Waals surface area contributed by atoms with E-state index in [4.69, 9.17) is 16.0 Å². The second-order valence-electron chi connectivity index (χ2n) is 6.59. The number of alkyl halides is 3. The average molecular weight is 417 g/mol. The van der Waals surface area contributed by atoms with Crippen molar-refractivity contribution in [1.82, 2.24) is 15.2 Å². The number of anilines is 1. The van der Waals surface area contributed by atoms with Crippen LogP contribution in [-0.4, -0.2) is 48.5 Å². The first kappa shape index (κ1) is 20.5. The molecule has 6 nitrogen and oxygen atoms in total. The number of piperazine rings is 1. The number of hydrogen-bond acceptors (Lipinski definition) is 5. The van der Waals surface area contributed by atoms with Gasteiger partial charge in [0.05, 0.1) is 29.4 Å². The lowest BCUT2D eigenvalue weighted by atomic mass is 10.2. The molecule has 1 aliphatic rings. The van der Waals surface area contributed by atoms with E-state index >= 15 is 0 Å². The summed E-state index contributed by atoms with van der Waals surface area (Å²) in [5.74, 6) is 0.884. The monoisotopic (exact) mass is 416 g/mol. The molecule has 152 valence electrons. The summed E-state index contributed by atoms with van der Waals surface area (Å²) >= 11 is 6.00. The molecule has 1 fully saturated rings. The number of nitrogens with zero attached hydrogens (tertiary/aromatic N) is 3. The third-order valence-electron chi connectivity index (χ3n) is 4.54. The Morgan fingerprint density at radius 1 is 1.36 bits per heavy atom. The number of carbonyl (C=O) groups excluding carboxylic acids is 1. The summed E-state index contributed by atoms with van der Waals surface area (Å²) in [6.45, 7) is 4.24. The number of nitrogens with one attached hydrogen (secondary N) is 1. The Labute approximate surface area is 165 Å². The van der Waals surface area contributed by atoms with E-state index in [1.807, 2.05) is 16.7 Å². The molecule has 3 heterocycles. The Bertz CT molecular complexity index is 806. The molecule has 0 bridgehead atoms. The van der Waals surface area contributed by atoms with Crippen LogP contribution in [0.1, 0.15) is 24.3 Å². The summed E-state index contributed by atoms with van der Waals surface area (Å²) in [4.78, 5) is 19.9. The highest BCUT2D eigenvalue weighted by molar-refractivity contribution is 6.33. The van der Waals surface area contributed by atoms with Crippen molar-refractivity contribution in [3.63, 3.8) is 0 Å². The lowest BCUT2D eigenvalue weighted by molar-refractivity contribution is -0.137. The number of amides is 1. The summed E-state index contributed by atoms with van der Waals surface area (Å²) in [5.41, 5.74) is -0.873. The lowest BCUT2D eigenvalue weighted by Crippen LogP contribution is -2.50. The van der Waals surface area contributed by atoms with E-state index < -0.39 is 11.7 Å². The predicted octanol–water partition coefficient (Wildman–Crippen LogP) is 3.35. The minimum Gasteiger partial charge on any atom is -0.467 e. The van der Waals surface area contributed by atoms with Gasteiger partial charge in [0.25, 0.3) is 0 Å². The molecule has 1 N–H and O–H groups in total. The van der Waals surface area contributed by atoms with Crippen LogP contribution < -0.4 is 10.2 Å². The third-order valence-corrected chi connectivity index (χ3v) is 4.81. The van der Waals surface area contributed by atoms with Crippen molar-refractivity contribution < 1.29 is 22.4 Å². The summed E-state index contributed by atoms with van der Waals surface area (Å²) in [6, 6.07) is 4.22. The van der Waals surface area contributed by atoms with Crippen molar-refractivity contribution in [2.24, 2.45) is 0 Å². The van der Waals surface area contributed by atoms with Gasteiger partial charge in [-0.05, 0) is 25.1 Å². The lowest BCUT2D eigenvalue weighted by Gasteiger charge is -2.35. The molecule has 10 heteroatoms. The zero-order valence-corrected chi connectivity index (χ0v) is 15.9. The maximum Gasteiger partial charge on any atom is 0.417 e. The summed E-state index contributed by atoms with van der Waals surface area (Å²) in [6.07, 6.45) is -2.14. The molecule has 2 aromatic heterocycles. The molecular formula is C18H20ClF3N4O2. The number of furan rings is 1.